The number of carbonyl (C=O) groups excluding carboxylic acids is 1. The van der Waals surface area contributed by atoms with Crippen molar-refractivity contribution in [2.24, 2.45) is 0 Å². The van der Waals surface area contributed by atoms with Crippen molar-refractivity contribution in [2.45, 2.75) is 39.0 Å². The summed E-state index contributed by atoms with van der Waals surface area (Å²) in [5.74, 6) is 0.258. The zero-order valence-corrected chi connectivity index (χ0v) is 7.39. The SMILES string of the molecule is CC1=C(CCC#N)C(=O)CCC1. The summed E-state index contributed by atoms with van der Waals surface area (Å²) in [5.41, 5.74) is 2.12. The van der Waals surface area contributed by atoms with Crippen molar-refractivity contribution < 1.29 is 4.79 Å². The van der Waals surface area contributed by atoms with Gasteiger partial charge in [-0.2, -0.15) is 5.26 Å². The lowest BCUT2D eigenvalue weighted by molar-refractivity contribution is -0.116. The Morgan fingerprint density at radius 3 is 2.83 bits per heavy atom. The van der Waals surface area contributed by atoms with E-state index in [1.54, 1.807) is 0 Å². The van der Waals surface area contributed by atoms with Gasteiger partial charge in [0.05, 0.1) is 6.07 Å². The molecule has 0 saturated heterocycles. The standard InChI is InChI=1S/C10H13NO/c1-8-4-2-6-10(12)9(8)5-3-7-11/h2-6H2,1H3. The highest BCUT2D eigenvalue weighted by Crippen LogP contribution is 2.24. The highest BCUT2D eigenvalue weighted by molar-refractivity contribution is 5.96. The minimum absolute atomic E-state index is 0.258. The molecule has 0 heterocycles. The molecular formula is C10H13NO. The monoisotopic (exact) mass is 163 g/mol. The van der Waals surface area contributed by atoms with E-state index in [9.17, 15) is 4.79 Å². The fourth-order valence-electron chi connectivity index (χ4n) is 1.59. The van der Waals surface area contributed by atoms with Gasteiger partial charge in [-0.3, -0.25) is 4.79 Å². The molecule has 64 valence electrons. The average molecular weight is 163 g/mol. The highest BCUT2D eigenvalue weighted by Gasteiger charge is 2.16. The summed E-state index contributed by atoms with van der Waals surface area (Å²) < 4.78 is 0. The van der Waals surface area contributed by atoms with Crippen LogP contribution in [0.15, 0.2) is 11.1 Å². The first-order chi connectivity index (χ1) is 5.75. The molecule has 1 aliphatic carbocycles. The molecule has 0 amide bonds. The molecule has 0 aliphatic heterocycles. The molecular weight excluding hydrogens is 150 g/mol. The molecule has 0 unspecified atom stereocenters. The summed E-state index contributed by atoms with van der Waals surface area (Å²) in [7, 11) is 0. The lowest BCUT2D eigenvalue weighted by Crippen LogP contribution is -2.10. The Bertz CT molecular complexity index is 258. The highest BCUT2D eigenvalue weighted by atomic mass is 16.1. The first-order valence-electron chi connectivity index (χ1n) is 4.34. The quantitative estimate of drug-likeness (QED) is 0.627. The zero-order chi connectivity index (χ0) is 8.97. The maximum Gasteiger partial charge on any atom is 0.158 e. The van der Waals surface area contributed by atoms with E-state index in [-0.39, 0.29) is 5.78 Å². The van der Waals surface area contributed by atoms with Crippen LogP contribution >= 0.6 is 0 Å². The van der Waals surface area contributed by atoms with Crippen LogP contribution in [0.1, 0.15) is 39.0 Å². The largest absolute Gasteiger partial charge is 0.295 e. The number of nitrogens with zero attached hydrogens (tertiary/aromatic N) is 1. The van der Waals surface area contributed by atoms with E-state index in [0.717, 1.165) is 18.4 Å². The molecule has 0 bridgehead atoms. The Labute approximate surface area is 72.9 Å². The number of carbonyl (C=O) groups is 1. The zero-order valence-electron chi connectivity index (χ0n) is 7.39. The number of nitriles is 1. The summed E-state index contributed by atoms with van der Waals surface area (Å²) in [6, 6.07) is 2.07. The van der Waals surface area contributed by atoms with Crippen molar-refractivity contribution in [3.05, 3.63) is 11.1 Å². The van der Waals surface area contributed by atoms with Crippen molar-refractivity contribution >= 4 is 5.78 Å². The van der Waals surface area contributed by atoms with Gasteiger partial charge >= 0.3 is 0 Å². The van der Waals surface area contributed by atoms with Gasteiger partial charge in [-0.15, -0.1) is 0 Å². The minimum atomic E-state index is 0.258. The van der Waals surface area contributed by atoms with E-state index in [2.05, 4.69) is 6.07 Å². The second kappa shape index (κ2) is 4.06. The maximum absolute atomic E-state index is 11.3. The topological polar surface area (TPSA) is 40.9 Å². The van der Waals surface area contributed by atoms with E-state index in [1.165, 1.54) is 5.57 Å². The number of ketones is 1. The number of Topliss-reactive ketones (excluding diaryl/α,β-unsaturated/α-hetero) is 1. The normalized spacial score (nSPS) is 17.8. The van der Waals surface area contributed by atoms with Crippen LogP contribution in [0.5, 0.6) is 0 Å². The third-order valence-electron chi connectivity index (χ3n) is 2.29. The van der Waals surface area contributed by atoms with E-state index < -0.39 is 0 Å². The first kappa shape index (κ1) is 8.99. The predicted octanol–water partition coefficient (Wildman–Crippen LogP) is 2.36. The molecule has 2 nitrogen and oxygen atoms in total. The van der Waals surface area contributed by atoms with E-state index in [4.69, 9.17) is 5.26 Å². The van der Waals surface area contributed by atoms with Gasteiger partial charge in [-0.25, -0.2) is 0 Å². The molecule has 0 radical (unpaired) electrons. The van der Waals surface area contributed by atoms with Crippen LogP contribution in [0.3, 0.4) is 0 Å². The lowest BCUT2D eigenvalue weighted by atomic mass is 9.89. The molecule has 0 spiro atoms. The lowest BCUT2D eigenvalue weighted by Gasteiger charge is -2.15. The maximum atomic E-state index is 11.3. The summed E-state index contributed by atoms with van der Waals surface area (Å²) in [6.45, 7) is 2.00. The molecule has 0 fully saturated rings. The molecule has 2 heteroatoms. The predicted molar refractivity (Wildman–Crippen MR) is 46.4 cm³/mol. The van der Waals surface area contributed by atoms with Gasteiger partial charge in [-0.1, -0.05) is 5.57 Å². The fraction of sp³-hybridized carbons (Fsp3) is 0.600. The molecule has 0 aromatic heterocycles. The summed E-state index contributed by atoms with van der Waals surface area (Å²) >= 11 is 0. The molecule has 1 aliphatic rings. The number of rotatable bonds is 2. The van der Waals surface area contributed by atoms with Crippen LogP contribution in [0.4, 0.5) is 0 Å². The van der Waals surface area contributed by atoms with E-state index in [0.29, 0.717) is 19.3 Å². The van der Waals surface area contributed by atoms with Gasteiger partial charge in [0.25, 0.3) is 0 Å². The average Bonchev–Trinajstić information content (AvgIpc) is 2.04. The van der Waals surface area contributed by atoms with Crippen molar-refractivity contribution in [2.75, 3.05) is 0 Å². The van der Waals surface area contributed by atoms with E-state index >= 15 is 0 Å². The van der Waals surface area contributed by atoms with Gasteiger partial charge in [0, 0.05) is 12.8 Å². The van der Waals surface area contributed by atoms with Crippen molar-refractivity contribution in [1.29, 1.82) is 5.26 Å². The summed E-state index contributed by atoms with van der Waals surface area (Å²) in [6.07, 6.45) is 3.82. The molecule has 0 atom stereocenters. The number of hydrogen-bond donors (Lipinski definition) is 0. The van der Waals surface area contributed by atoms with Crippen LogP contribution in [0.25, 0.3) is 0 Å². The number of allylic oxidation sites excluding steroid dienone is 2. The van der Waals surface area contributed by atoms with Gasteiger partial charge in [0.1, 0.15) is 0 Å². The van der Waals surface area contributed by atoms with Crippen LogP contribution in [-0.2, 0) is 4.79 Å². The minimum Gasteiger partial charge on any atom is -0.295 e. The Morgan fingerprint density at radius 1 is 1.50 bits per heavy atom. The van der Waals surface area contributed by atoms with Crippen LogP contribution in [0.2, 0.25) is 0 Å². The molecule has 0 saturated carbocycles. The van der Waals surface area contributed by atoms with Crippen LogP contribution < -0.4 is 0 Å². The van der Waals surface area contributed by atoms with Crippen LogP contribution in [-0.4, -0.2) is 5.78 Å². The summed E-state index contributed by atoms with van der Waals surface area (Å²) in [4.78, 5) is 11.3. The summed E-state index contributed by atoms with van der Waals surface area (Å²) in [5, 5.41) is 8.39. The Kier molecular flexibility index (Phi) is 3.04. The van der Waals surface area contributed by atoms with Crippen LogP contribution in [0, 0.1) is 11.3 Å². The molecule has 0 N–H and O–H groups in total. The second-order valence-electron chi connectivity index (χ2n) is 3.19. The van der Waals surface area contributed by atoms with Crippen molar-refractivity contribution in [3.8, 4) is 6.07 Å². The van der Waals surface area contributed by atoms with Gasteiger partial charge in [0.2, 0.25) is 0 Å². The Morgan fingerprint density at radius 2 is 2.25 bits per heavy atom. The first-order valence-corrected chi connectivity index (χ1v) is 4.34. The third-order valence-corrected chi connectivity index (χ3v) is 2.29. The molecule has 0 aromatic carbocycles. The van der Waals surface area contributed by atoms with Crippen molar-refractivity contribution in [1.82, 2.24) is 0 Å². The Hall–Kier alpha value is -1.10. The molecule has 0 aromatic rings. The fourth-order valence-corrected chi connectivity index (χ4v) is 1.59. The number of hydrogen-bond acceptors (Lipinski definition) is 2. The smallest absolute Gasteiger partial charge is 0.158 e. The van der Waals surface area contributed by atoms with Gasteiger partial charge in [-0.05, 0) is 31.8 Å². The molecule has 1 rings (SSSR count). The third kappa shape index (κ3) is 1.94. The van der Waals surface area contributed by atoms with Gasteiger partial charge in [0.15, 0.2) is 5.78 Å². The van der Waals surface area contributed by atoms with E-state index in [1.807, 2.05) is 6.92 Å². The molecule has 12 heavy (non-hydrogen) atoms. The van der Waals surface area contributed by atoms with Gasteiger partial charge < -0.3 is 0 Å². The Balaban J connectivity index is 2.69. The second-order valence-corrected chi connectivity index (χ2v) is 3.19. The van der Waals surface area contributed by atoms with Crippen molar-refractivity contribution in [3.63, 3.8) is 0 Å².